The molecule has 1 N–H and O–H groups in total. The van der Waals surface area contributed by atoms with Crippen LogP contribution in [-0.4, -0.2) is 52.1 Å². The zero-order valence-corrected chi connectivity index (χ0v) is 20.1. The fourth-order valence-corrected chi connectivity index (χ4v) is 7.94. The highest BCUT2D eigenvalue weighted by molar-refractivity contribution is 6.29. The first-order chi connectivity index (χ1) is 15.3. The Morgan fingerprint density at radius 2 is 1.94 bits per heavy atom. The molecule has 0 aromatic carbocycles. The van der Waals surface area contributed by atoms with Crippen LogP contribution in [0.1, 0.15) is 53.4 Å². The van der Waals surface area contributed by atoms with Gasteiger partial charge in [0.15, 0.2) is 22.8 Å². The minimum atomic E-state index is -2.25. The van der Waals surface area contributed by atoms with Crippen molar-refractivity contribution < 1.29 is 33.0 Å². The number of rotatable bonds is 4. The SMILES string of the molecule is CCC(=O)OC1(C(=O)CCl)[C@@H](C)C[C@H]2[C@@H]3C[C@H](F)C4=CC(=O)C=C[C@]4(C)[C@@]3(F)[C@@H](O)C[C@@]21C. The standard InChI is InChI=1S/C25H31ClF2O5/c1-5-21(32)33-25(20(31)12-26)13(2)8-15-16-10-18(27)17-9-14(29)6-7-22(17,3)24(16,28)19(30)11-23(15,25)4/h6-7,9,13,15-16,18-19,30H,5,8,10-12H2,1-4H3/t13-,15-,16-,18-,19-,22-,23-,24-,25?/m0/s1. The van der Waals surface area contributed by atoms with Gasteiger partial charge in [0.25, 0.3) is 0 Å². The maximum absolute atomic E-state index is 17.2. The number of halogens is 3. The average Bonchev–Trinajstić information content (AvgIpc) is 2.98. The second kappa shape index (κ2) is 7.70. The van der Waals surface area contributed by atoms with E-state index in [2.05, 4.69) is 0 Å². The predicted octanol–water partition coefficient (Wildman–Crippen LogP) is 4.05. The molecule has 0 aromatic rings. The summed E-state index contributed by atoms with van der Waals surface area (Å²) in [6, 6.07) is 0. The minimum absolute atomic E-state index is 0.0431. The molecule has 9 atom stereocenters. The van der Waals surface area contributed by atoms with Crippen molar-refractivity contribution in [2.24, 2.45) is 28.6 Å². The molecule has 1 unspecified atom stereocenters. The molecule has 0 aromatic heterocycles. The molecule has 0 amide bonds. The number of hydrogen-bond donors (Lipinski definition) is 1. The molecule has 0 aliphatic heterocycles. The van der Waals surface area contributed by atoms with Gasteiger partial charge in [0.2, 0.25) is 0 Å². The number of allylic oxidation sites excluding steroid dienone is 4. The summed E-state index contributed by atoms with van der Waals surface area (Å²) >= 11 is 5.97. The lowest BCUT2D eigenvalue weighted by molar-refractivity contribution is -0.230. The van der Waals surface area contributed by atoms with E-state index in [9.17, 15) is 19.5 Å². The van der Waals surface area contributed by atoms with Crippen LogP contribution in [0.5, 0.6) is 0 Å². The van der Waals surface area contributed by atoms with E-state index in [1.54, 1.807) is 20.8 Å². The van der Waals surface area contributed by atoms with Crippen LogP contribution in [0.15, 0.2) is 23.8 Å². The second-order valence-corrected chi connectivity index (χ2v) is 10.9. The maximum Gasteiger partial charge on any atom is 0.306 e. The zero-order valence-electron chi connectivity index (χ0n) is 19.4. The zero-order chi connectivity index (χ0) is 24.6. The van der Waals surface area contributed by atoms with E-state index in [1.165, 1.54) is 19.1 Å². The van der Waals surface area contributed by atoms with Crippen LogP contribution in [0.2, 0.25) is 0 Å². The summed E-state index contributed by atoms with van der Waals surface area (Å²) < 4.78 is 38.5. The van der Waals surface area contributed by atoms with Crippen molar-refractivity contribution in [1.29, 1.82) is 0 Å². The van der Waals surface area contributed by atoms with Crippen LogP contribution in [0.4, 0.5) is 8.78 Å². The summed E-state index contributed by atoms with van der Waals surface area (Å²) in [4.78, 5) is 37.7. The number of carbonyl (C=O) groups excluding carboxylic acids is 3. The molecule has 0 bridgehead atoms. The molecule has 3 fully saturated rings. The van der Waals surface area contributed by atoms with E-state index in [0.29, 0.717) is 6.42 Å². The molecule has 0 spiro atoms. The third-order valence-corrected chi connectivity index (χ3v) is 9.51. The Labute approximate surface area is 197 Å². The van der Waals surface area contributed by atoms with Gasteiger partial charge in [-0.05, 0) is 49.8 Å². The van der Waals surface area contributed by atoms with Crippen molar-refractivity contribution in [3.05, 3.63) is 23.8 Å². The Hall–Kier alpha value is -1.60. The number of hydrogen-bond acceptors (Lipinski definition) is 5. The van der Waals surface area contributed by atoms with E-state index in [1.807, 2.05) is 0 Å². The van der Waals surface area contributed by atoms with Crippen molar-refractivity contribution in [3.8, 4) is 0 Å². The van der Waals surface area contributed by atoms with Crippen LogP contribution in [0.3, 0.4) is 0 Å². The van der Waals surface area contributed by atoms with Gasteiger partial charge in [-0.1, -0.05) is 26.8 Å². The van der Waals surface area contributed by atoms with Gasteiger partial charge in [0.05, 0.1) is 12.0 Å². The van der Waals surface area contributed by atoms with E-state index in [4.69, 9.17) is 16.3 Å². The van der Waals surface area contributed by atoms with Crippen LogP contribution >= 0.6 is 11.6 Å². The summed E-state index contributed by atoms with van der Waals surface area (Å²) in [5, 5.41) is 11.4. The largest absolute Gasteiger partial charge is 0.450 e. The van der Waals surface area contributed by atoms with E-state index in [-0.39, 0.29) is 24.8 Å². The molecule has 3 saturated carbocycles. The highest BCUT2D eigenvalue weighted by atomic mass is 35.5. The molecular weight excluding hydrogens is 454 g/mol. The number of ketones is 2. The Kier molecular flexibility index (Phi) is 5.73. The quantitative estimate of drug-likeness (QED) is 0.481. The normalized spacial score (nSPS) is 48.4. The lowest BCUT2D eigenvalue weighted by atomic mass is 9.44. The molecular formula is C25H31ClF2O5. The third kappa shape index (κ3) is 2.87. The van der Waals surface area contributed by atoms with Gasteiger partial charge in [-0.25, -0.2) is 8.78 Å². The molecule has 182 valence electrons. The summed E-state index contributed by atoms with van der Waals surface area (Å²) in [5.74, 6) is -3.84. The maximum atomic E-state index is 17.2. The number of Topliss-reactive ketones (excluding diaryl/α,β-unsaturated/α-hetero) is 1. The lowest BCUT2D eigenvalue weighted by Gasteiger charge is -2.63. The van der Waals surface area contributed by atoms with Gasteiger partial charge in [-0.3, -0.25) is 14.4 Å². The van der Waals surface area contributed by atoms with Gasteiger partial charge >= 0.3 is 5.97 Å². The first kappa shape index (κ1) is 24.5. The number of aliphatic hydroxyl groups excluding tert-OH is 1. The molecule has 4 aliphatic carbocycles. The van der Waals surface area contributed by atoms with E-state index < -0.39 is 75.5 Å². The number of alkyl halides is 3. The van der Waals surface area contributed by atoms with Gasteiger partial charge in [-0.15, -0.1) is 11.6 Å². The van der Waals surface area contributed by atoms with Crippen molar-refractivity contribution in [3.63, 3.8) is 0 Å². The first-order valence-electron chi connectivity index (χ1n) is 11.6. The predicted molar refractivity (Wildman–Crippen MR) is 118 cm³/mol. The Balaban J connectivity index is 1.88. The molecule has 0 saturated heterocycles. The van der Waals surface area contributed by atoms with Gasteiger partial charge < -0.3 is 9.84 Å². The molecule has 33 heavy (non-hydrogen) atoms. The number of esters is 1. The Morgan fingerprint density at radius 3 is 2.55 bits per heavy atom. The molecule has 4 rings (SSSR count). The number of aliphatic hydroxyl groups is 1. The molecule has 8 heteroatoms. The van der Waals surface area contributed by atoms with Crippen LogP contribution in [0.25, 0.3) is 0 Å². The van der Waals surface area contributed by atoms with Gasteiger partial charge in [0, 0.05) is 29.1 Å². The van der Waals surface area contributed by atoms with Crippen molar-refractivity contribution in [2.45, 2.75) is 76.9 Å². The van der Waals surface area contributed by atoms with E-state index >= 15 is 8.78 Å². The smallest absolute Gasteiger partial charge is 0.306 e. The number of carbonyl (C=O) groups is 3. The van der Waals surface area contributed by atoms with E-state index in [0.717, 1.165) is 6.08 Å². The fourth-order valence-electron chi connectivity index (χ4n) is 7.74. The van der Waals surface area contributed by atoms with Crippen LogP contribution in [0, 0.1) is 28.6 Å². The number of fused-ring (bicyclic) bond motifs is 5. The summed E-state index contributed by atoms with van der Waals surface area (Å²) in [7, 11) is 0. The summed E-state index contributed by atoms with van der Waals surface area (Å²) in [6.07, 6.45) is 0.584. The topological polar surface area (TPSA) is 80.7 Å². The number of ether oxygens (including phenoxy) is 1. The molecule has 0 heterocycles. The highest BCUT2D eigenvalue weighted by Crippen LogP contribution is 2.71. The molecule has 5 nitrogen and oxygen atoms in total. The fraction of sp³-hybridized carbons (Fsp3) is 0.720. The van der Waals surface area contributed by atoms with Crippen molar-refractivity contribution in [2.75, 3.05) is 5.88 Å². The minimum Gasteiger partial charge on any atom is -0.450 e. The van der Waals surface area contributed by atoms with Crippen LogP contribution in [-0.2, 0) is 19.1 Å². The average molecular weight is 485 g/mol. The Morgan fingerprint density at radius 1 is 1.27 bits per heavy atom. The highest BCUT2D eigenvalue weighted by Gasteiger charge is 2.77. The second-order valence-electron chi connectivity index (χ2n) is 10.6. The lowest BCUT2D eigenvalue weighted by Crippen LogP contribution is -2.71. The van der Waals surface area contributed by atoms with Crippen molar-refractivity contribution >= 4 is 29.1 Å². The molecule has 4 aliphatic rings. The van der Waals surface area contributed by atoms with Crippen molar-refractivity contribution in [1.82, 2.24) is 0 Å². The van der Waals surface area contributed by atoms with Crippen LogP contribution < -0.4 is 0 Å². The van der Waals surface area contributed by atoms with Gasteiger partial charge in [0.1, 0.15) is 6.17 Å². The molecule has 0 radical (unpaired) electrons. The third-order valence-electron chi connectivity index (χ3n) is 9.27. The first-order valence-corrected chi connectivity index (χ1v) is 12.1. The summed E-state index contributed by atoms with van der Waals surface area (Å²) in [6.45, 7) is 6.64. The summed E-state index contributed by atoms with van der Waals surface area (Å²) in [5.41, 5.74) is -6.47. The van der Waals surface area contributed by atoms with Gasteiger partial charge in [-0.2, -0.15) is 0 Å². The monoisotopic (exact) mass is 484 g/mol. The Bertz CT molecular complexity index is 964.